The number of nitrogens with two attached hydrogens (primary N) is 1. The summed E-state index contributed by atoms with van der Waals surface area (Å²) in [4.78, 5) is 2.59. The monoisotopic (exact) mass is 274 g/mol. The van der Waals surface area contributed by atoms with E-state index in [2.05, 4.69) is 35.2 Å². The van der Waals surface area contributed by atoms with Crippen LogP contribution in [0.5, 0.6) is 0 Å². The Labute approximate surface area is 124 Å². The molecule has 20 heavy (non-hydrogen) atoms. The van der Waals surface area contributed by atoms with Gasteiger partial charge in [-0.05, 0) is 44.0 Å². The third-order valence-corrected chi connectivity index (χ3v) is 4.51. The van der Waals surface area contributed by atoms with E-state index in [0.29, 0.717) is 0 Å². The molecule has 1 aromatic rings. The maximum Gasteiger partial charge on any atom is 0.0233 e. The third-order valence-electron chi connectivity index (χ3n) is 4.51. The molecule has 0 aromatic heterocycles. The van der Waals surface area contributed by atoms with Gasteiger partial charge in [0.25, 0.3) is 0 Å². The molecular weight excluding hydrogens is 244 g/mol. The summed E-state index contributed by atoms with van der Waals surface area (Å²) in [5.74, 6) is 0.972. The average molecular weight is 274 g/mol. The van der Waals surface area contributed by atoms with Gasteiger partial charge in [-0.15, -0.1) is 0 Å². The van der Waals surface area contributed by atoms with E-state index in [1.165, 1.54) is 50.6 Å². The highest BCUT2D eigenvalue weighted by Gasteiger charge is 2.15. The highest BCUT2D eigenvalue weighted by Crippen LogP contribution is 2.26. The fourth-order valence-corrected chi connectivity index (χ4v) is 3.27. The standard InChI is InChI=1S/C18H30N2/c19-13-7-14-20(16-18-10-5-2-6-11-18)15-12-17-8-3-1-4-9-17/h2,5-6,10-11,17H,1,3-4,7-9,12-16,19H2. The molecule has 0 bridgehead atoms. The molecule has 2 nitrogen and oxygen atoms in total. The number of benzene rings is 1. The minimum Gasteiger partial charge on any atom is -0.330 e. The first kappa shape index (κ1) is 15.5. The van der Waals surface area contributed by atoms with Crippen LogP contribution in [0.3, 0.4) is 0 Å². The van der Waals surface area contributed by atoms with Gasteiger partial charge in [-0.1, -0.05) is 62.4 Å². The van der Waals surface area contributed by atoms with Crippen molar-refractivity contribution >= 4 is 0 Å². The highest BCUT2D eigenvalue weighted by atomic mass is 15.1. The van der Waals surface area contributed by atoms with E-state index in [0.717, 1.165) is 32.0 Å². The Morgan fingerprint density at radius 1 is 1.00 bits per heavy atom. The summed E-state index contributed by atoms with van der Waals surface area (Å²) in [6.45, 7) is 4.25. The number of hydrogen-bond acceptors (Lipinski definition) is 2. The fourth-order valence-electron chi connectivity index (χ4n) is 3.27. The Morgan fingerprint density at radius 2 is 1.75 bits per heavy atom. The lowest BCUT2D eigenvalue weighted by Gasteiger charge is -2.27. The minimum absolute atomic E-state index is 0.800. The Balaban J connectivity index is 1.79. The van der Waals surface area contributed by atoms with E-state index < -0.39 is 0 Å². The Kier molecular flexibility index (Phi) is 7.10. The maximum absolute atomic E-state index is 5.68. The second-order valence-corrected chi connectivity index (χ2v) is 6.20. The first-order valence-electron chi connectivity index (χ1n) is 8.35. The summed E-state index contributed by atoms with van der Waals surface area (Å²) in [5.41, 5.74) is 7.11. The Bertz CT molecular complexity index is 344. The van der Waals surface area contributed by atoms with Crippen molar-refractivity contribution in [3.05, 3.63) is 35.9 Å². The van der Waals surface area contributed by atoms with Gasteiger partial charge in [0.15, 0.2) is 0 Å². The number of rotatable bonds is 8. The second-order valence-electron chi connectivity index (χ2n) is 6.20. The predicted octanol–water partition coefficient (Wildman–Crippen LogP) is 3.81. The lowest BCUT2D eigenvalue weighted by molar-refractivity contribution is 0.223. The molecule has 1 aliphatic rings. The van der Waals surface area contributed by atoms with Crippen LogP contribution in [0.25, 0.3) is 0 Å². The van der Waals surface area contributed by atoms with Gasteiger partial charge >= 0.3 is 0 Å². The first-order chi connectivity index (χ1) is 9.88. The van der Waals surface area contributed by atoms with Gasteiger partial charge in [0.05, 0.1) is 0 Å². The zero-order chi connectivity index (χ0) is 14.0. The quantitative estimate of drug-likeness (QED) is 0.781. The van der Waals surface area contributed by atoms with E-state index in [4.69, 9.17) is 5.73 Å². The van der Waals surface area contributed by atoms with Crippen LogP contribution in [-0.2, 0) is 6.54 Å². The molecule has 2 N–H and O–H groups in total. The van der Waals surface area contributed by atoms with Gasteiger partial charge in [0.1, 0.15) is 0 Å². The van der Waals surface area contributed by atoms with Gasteiger partial charge in [0, 0.05) is 6.54 Å². The van der Waals surface area contributed by atoms with E-state index in [-0.39, 0.29) is 0 Å². The van der Waals surface area contributed by atoms with Crippen LogP contribution in [0.1, 0.15) is 50.5 Å². The van der Waals surface area contributed by atoms with Crippen molar-refractivity contribution in [1.29, 1.82) is 0 Å². The van der Waals surface area contributed by atoms with E-state index in [1.807, 2.05) is 0 Å². The zero-order valence-electron chi connectivity index (χ0n) is 12.8. The topological polar surface area (TPSA) is 29.3 Å². The molecule has 2 rings (SSSR count). The molecule has 0 saturated heterocycles. The lowest BCUT2D eigenvalue weighted by atomic mass is 9.87. The molecule has 1 fully saturated rings. The molecule has 0 atom stereocenters. The van der Waals surface area contributed by atoms with Crippen molar-refractivity contribution in [1.82, 2.24) is 4.90 Å². The predicted molar refractivity (Wildman–Crippen MR) is 86.6 cm³/mol. The van der Waals surface area contributed by atoms with E-state index in [1.54, 1.807) is 0 Å². The number of hydrogen-bond donors (Lipinski definition) is 1. The van der Waals surface area contributed by atoms with Gasteiger partial charge in [-0.3, -0.25) is 4.90 Å². The van der Waals surface area contributed by atoms with E-state index >= 15 is 0 Å². The van der Waals surface area contributed by atoms with Gasteiger partial charge in [0.2, 0.25) is 0 Å². The van der Waals surface area contributed by atoms with Gasteiger partial charge < -0.3 is 5.73 Å². The molecular formula is C18H30N2. The van der Waals surface area contributed by atoms with Crippen LogP contribution >= 0.6 is 0 Å². The fraction of sp³-hybridized carbons (Fsp3) is 0.667. The summed E-state index contributed by atoms with van der Waals surface area (Å²) >= 11 is 0. The van der Waals surface area contributed by atoms with Gasteiger partial charge in [-0.25, -0.2) is 0 Å². The van der Waals surface area contributed by atoms with E-state index in [9.17, 15) is 0 Å². The molecule has 0 radical (unpaired) electrons. The summed E-state index contributed by atoms with van der Waals surface area (Å²) < 4.78 is 0. The summed E-state index contributed by atoms with van der Waals surface area (Å²) in [5, 5.41) is 0. The summed E-state index contributed by atoms with van der Waals surface area (Å²) in [6.07, 6.45) is 9.75. The minimum atomic E-state index is 0.800. The normalized spacial score (nSPS) is 16.7. The van der Waals surface area contributed by atoms with Gasteiger partial charge in [-0.2, -0.15) is 0 Å². The molecule has 1 aliphatic carbocycles. The van der Waals surface area contributed by atoms with Crippen molar-refractivity contribution in [3.63, 3.8) is 0 Å². The van der Waals surface area contributed by atoms with Crippen LogP contribution in [0.4, 0.5) is 0 Å². The van der Waals surface area contributed by atoms with Crippen LogP contribution < -0.4 is 5.73 Å². The van der Waals surface area contributed by atoms with Crippen LogP contribution in [-0.4, -0.2) is 24.5 Å². The molecule has 112 valence electrons. The molecule has 1 saturated carbocycles. The average Bonchev–Trinajstić information content (AvgIpc) is 2.52. The first-order valence-corrected chi connectivity index (χ1v) is 8.35. The van der Waals surface area contributed by atoms with Crippen molar-refractivity contribution < 1.29 is 0 Å². The van der Waals surface area contributed by atoms with Crippen molar-refractivity contribution in [3.8, 4) is 0 Å². The van der Waals surface area contributed by atoms with Crippen LogP contribution in [0, 0.1) is 5.92 Å². The molecule has 0 heterocycles. The molecule has 0 spiro atoms. The van der Waals surface area contributed by atoms with Crippen molar-refractivity contribution in [2.45, 2.75) is 51.5 Å². The molecule has 0 amide bonds. The third kappa shape index (κ3) is 5.64. The van der Waals surface area contributed by atoms with Crippen molar-refractivity contribution in [2.24, 2.45) is 11.7 Å². The molecule has 2 heteroatoms. The molecule has 0 unspecified atom stereocenters. The summed E-state index contributed by atoms with van der Waals surface area (Å²) in [6, 6.07) is 10.8. The van der Waals surface area contributed by atoms with Crippen LogP contribution in [0.2, 0.25) is 0 Å². The highest BCUT2D eigenvalue weighted by molar-refractivity contribution is 5.14. The SMILES string of the molecule is NCCCN(CCC1CCCCC1)Cc1ccccc1. The largest absolute Gasteiger partial charge is 0.330 e. The number of nitrogens with zero attached hydrogens (tertiary/aromatic N) is 1. The van der Waals surface area contributed by atoms with Crippen molar-refractivity contribution in [2.75, 3.05) is 19.6 Å². The van der Waals surface area contributed by atoms with Crippen LogP contribution in [0.15, 0.2) is 30.3 Å². The smallest absolute Gasteiger partial charge is 0.0233 e. The molecule has 1 aromatic carbocycles. The Hall–Kier alpha value is -0.860. The maximum atomic E-state index is 5.68. The molecule has 0 aliphatic heterocycles. The Morgan fingerprint density at radius 3 is 2.45 bits per heavy atom. The summed E-state index contributed by atoms with van der Waals surface area (Å²) in [7, 11) is 0. The second kappa shape index (κ2) is 9.15. The zero-order valence-corrected chi connectivity index (χ0v) is 12.8. The lowest BCUT2D eigenvalue weighted by Crippen LogP contribution is -2.28.